The number of rotatable bonds is 3. The molecule has 0 spiro atoms. The Morgan fingerprint density at radius 2 is 2.19 bits per heavy atom. The number of carbonyl (C=O) groups excluding carboxylic acids is 2. The van der Waals surface area contributed by atoms with Crippen molar-refractivity contribution >= 4 is 23.3 Å². The number of urea groups is 1. The lowest BCUT2D eigenvalue weighted by atomic mass is 10.0. The summed E-state index contributed by atoms with van der Waals surface area (Å²) >= 11 is 1.48. The fourth-order valence-electron chi connectivity index (χ4n) is 2.94. The van der Waals surface area contributed by atoms with Crippen molar-refractivity contribution in [2.45, 2.75) is 32.2 Å². The fraction of sp³-hybridized carbons (Fsp3) is 0.643. The summed E-state index contributed by atoms with van der Waals surface area (Å²) in [5.74, 6) is 0.0801. The molecule has 0 aliphatic carbocycles. The van der Waals surface area contributed by atoms with Crippen molar-refractivity contribution in [2.24, 2.45) is 0 Å². The molecule has 6 nitrogen and oxygen atoms in total. The number of aromatic nitrogens is 1. The topological polar surface area (TPSA) is 65.5 Å². The first-order chi connectivity index (χ1) is 10.2. The van der Waals surface area contributed by atoms with E-state index in [9.17, 15) is 9.59 Å². The summed E-state index contributed by atoms with van der Waals surface area (Å²) in [6.45, 7) is 4.99. The summed E-state index contributed by atoms with van der Waals surface area (Å²) in [5, 5.41) is 3.84. The van der Waals surface area contributed by atoms with E-state index in [-0.39, 0.29) is 18.0 Å². The zero-order valence-electron chi connectivity index (χ0n) is 12.2. The molecule has 2 fully saturated rings. The van der Waals surface area contributed by atoms with Gasteiger partial charge in [-0.1, -0.05) is 6.92 Å². The van der Waals surface area contributed by atoms with E-state index in [1.807, 2.05) is 16.7 Å². The summed E-state index contributed by atoms with van der Waals surface area (Å²) in [5.41, 5.74) is 0. The van der Waals surface area contributed by atoms with E-state index in [2.05, 4.69) is 10.3 Å². The van der Waals surface area contributed by atoms with Gasteiger partial charge < -0.3 is 15.1 Å². The first-order valence-electron chi connectivity index (χ1n) is 7.47. The highest BCUT2D eigenvalue weighted by atomic mass is 32.1. The third-order valence-electron chi connectivity index (χ3n) is 4.15. The number of thiazole rings is 1. The van der Waals surface area contributed by atoms with Gasteiger partial charge in [0.15, 0.2) is 0 Å². The van der Waals surface area contributed by atoms with Gasteiger partial charge >= 0.3 is 6.03 Å². The van der Waals surface area contributed by atoms with Crippen molar-refractivity contribution in [3.8, 4) is 0 Å². The van der Waals surface area contributed by atoms with E-state index in [0.717, 1.165) is 42.2 Å². The normalized spacial score (nSPS) is 20.0. The maximum Gasteiger partial charge on any atom is 0.317 e. The first kappa shape index (κ1) is 14.3. The van der Waals surface area contributed by atoms with Gasteiger partial charge in [0.25, 0.3) is 5.91 Å². The van der Waals surface area contributed by atoms with Crippen LogP contribution in [0.15, 0.2) is 6.20 Å². The number of hydrogen-bond donors (Lipinski definition) is 1. The lowest BCUT2D eigenvalue weighted by Crippen LogP contribution is -2.47. The smallest absolute Gasteiger partial charge is 0.317 e. The van der Waals surface area contributed by atoms with Gasteiger partial charge in [-0.05, 0) is 19.3 Å². The Bertz CT molecular complexity index is 537. The molecule has 1 aromatic heterocycles. The Hall–Kier alpha value is -1.63. The molecule has 7 heteroatoms. The summed E-state index contributed by atoms with van der Waals surface area (Å²) in [6.07, 6.45) is 4.27. The number of likely N-dealkylation sites (tertiary alicyclic amines) is 1. The van der Waals surface area contributed by atoms with Gasteiger partial charge in [-0.2, -0.15) is 0 Å². The molecule has 114 valence electrons. The molecule has 0 saturated carbocycles. The average Bonchev–Trinajstić information content (AvgIpc) is 3.15. The zero-order valence-corrected chi connectivity index (χ0v) is 13.0. The standard InChI is InChI=1S/C14H20N4O2S/c1-2-12-16-9-11(21-12)13(19)17-6-3-10(4-7-17)18-8-5-15-14(18)20/h9-10H,2-8H2,1H3,(H,15,20). The molecule has 0 radical (unpaired) electrons. The molecule has 0 bridgehead atoms. The first-order valence-corrected chi connectivity index (χ1v) is 8.29. The van der Waals surface area contributed by atoms with Crippen LogP contribution in [0.3, 0.4) is 0 Å². The quantitative estimate of drug-likeness (QED) is 0.916. The number of piperidine rings is 1. The Morgan fingerprint density at radius 1 is 1.43 bits per heavy atom. The van der Waals surface area contributed by atoms with Crippen molar-refractivity contribution in [1.29, 1.82) is 0 Å². The molecule has 21 heavy (non-hydrogen) atoms. The minimum absolute atomic E-state index is 0.0369. The van der Waals surface area contributed by atoms with E-state index in [1.54, 1.807) is 6.20 Å². The van der Waals surface area contributed by atoms with E-state index in [4.69, 9.17) is 0 Å². The predicted octanol–water partition coefficient (Wildman–Crippen LogP) is 1.34. The van der Waals surface area contributed by atoms with E-state index in [0.29, 0.717) is 13.1 Å². The fourth-order valence-corrected chi connectivity index (χ4v) is 3.77. The van der Waals surface area contributed by atoms with Crippen LogP contribution in [0.2, 0.25) is 0 Å². The Balaban J connectivity index is 1.57. The third kappa shape index (κ3) is 2.88. The number of nitrogens with zero attached hydrogens (tertiary/aromatic N) is 3. The van der Waals surface area contributed by atoms with Crippen LogP contribution < -0.4 is 5.32 Å². The molecule has 3 heterocycles. The minimum atomic E-state index is 0.0369. The van der Waals surface area contributed by atoms with Crippen molar-refractivity contribution < 1.29 is 9.59 Å². The van der Waals surface area contributed by atoms with E-state index < -0.39 is 0 Å². The molecule has 3 amide bonds. The monoisotopic (exact) mass is 308 g/mol. The van der Waals surface area contributed by atoms with Crippen LogP contribution in [-0.2, 0) is 6.42 Å². The molecule has 2 aliphatic heterocycles. The number of nitrogens with one attached hydrogen (secondary N) is 1. The second-order valence-corrected chi connectivity index (χ2v) is 6.54. The van der Waals surface area contributed by atoms with Crippen molar-refractivity contribution in [2.75, 3.05) is 26.2 Å². The van der Waals surface area contributed by atoms with Crippen LogP contribution in [0.4, 0.5) is 4.79 Å². The van der Waals surface area contributed by atoms with Gasteiger partial charge in [0, 0.05) is 32.2 Å². The van der Waals surface area contributed by atoms with Crippen LogP contribution in [0.5, 0.6) is 0 Å². The lowest BCUT2D eigenvalue weighted by Gasteiger charge is -2.35. The van der Waals surface area contributed by atoms with Crippen molar-refractivity contribution in [3.63, 3.8) is 0 Å². The summed E-state index contributed by atoms with van der Waals surface area (Å²) in [7, 11) is 0. The van der Waals surface area contributed by atoms with Gasteiger partial charge in [0.1, 0.15) is 4.88 Å². The minimum Gasteiger partial charge on any atom is -0.338 e. The molecule has 0 atom stereocenters. The molecule has 1 N–H and O–H groups in total. The molecule has 2 aliphatic rings. The molecular weight excluding hydrogens is 288 g/mol. The van der Waals surface area contributed by atoms with Gasteiger partial charge in [0.2, 0.25) is 0 Å². The van der Waals surface area contributed by atoms with Crippen molar-refractivity contribution in [3.05, 3.63) is 16.1 Å². The van der Waals surface area contributed by atoms with Crippen LogP contribution in [-0.4, -0.2) is 58.9 Å². The van der Waals surface area contributed by atoms with Gasteiger partial charge in [-0.15, -0.1) is 11.3 Å². The molecule has 0 unspecified atom stereocenters. The van der Waals surface area contributed by atoms with Crippen LogP contribution in [0.1, 0.15) is 34.4 Å². The highest BCUT2D eigenvalue weighted by molar-refractivity contribution is 7.13. The van der Waals surface area contributed by atoms with Gasteiger partial charge in [-0.3, -0.25) is 4.79 Å². The van der Waals surface area contributed by atoms with Crippen LogP contribution in [0, 0.1) is 0 Å². The third-order valence-corrected chi connectivity index (χ3v) is 5.28. The Kier molecular flexibility index (Phi) is 4.10. The van der Waals surface area contributed by atoms with Gasteiger partial charge in [-0.25, -0.2) is 9.78 Å². The second-order valence-electron chi connectivity index (χ2n) is 5.42. The van der Waals surface area contributed by atoms with Crippen LogP contribution >= 0.6 is 11.3 Å². The summed E-state index contributed by atoms with van der Waals surface area (Å²) in [6, 6.07) is 0.305. The maximum absolute atomic E-state index is 12.4. The van der Waals surface area contributed by atoms with E-state index in [1.165, 1.54) is 11.3 Å². The predicted molar refractivity (Wildman–Crippen MR) is 80.5 cm³/mol. The second kappa shape index (κ2) is 6.01. The molecular formula is C14H20N4O2S. The zero-order chi connectivity index (χ0) is 14.8. The molecule has 1 aromatic rings. The number of carbonyl (C=O) groups is 2. The number of amides is 3. The van der Waals surface area contributed by atoms with Crippen LogP contribution in [0.25, 0.3) is 0 Å². The highest BCUT2D eigenvalue weighted by Gasteiger charge is 2.32. The molecule has 0 aromatic carbocycles. The number of hydrogen-bond acceptors (Lipinski definition) is 4. The largest absolute Gasteiger partial charge is 0.338 e. The molecule has 2 saturated heterocycles. The van der Waals surface area contributed by atoms with Gasteiger partial charge in [0.05, 0.1) is 11.2 Å². The molecule has 3 rings (SSSR count). The average molecular weight is 308 g/mol. The Morgan fingerprint density at radius 3 is 2.76 bits per heavy atom. The summed E-state index contributed by atoms with van der Waals surface area (Å²) < 4.78 is 0. The highest BCUT2D eigenvalue weighted by Crippen LogP contribution is 2.22. The van der Waals surface area contributed by atoms with Crippen molar-refractivity contribution in [1.82, 2.24) is 20.1 Å². The SMILES string of the molecule is CCc1ncc(C(=O)N2CCC(N3CCNC3=O)CC2)s1. The maximum atomic E-state index is 12.4. The number of aryl methyl sites for hydroxylation is 1. The lowest BCUT2D eigenvalue weighted by molar-refractivity contribution is 0.0670. The summed E-state index contributed by atoms with van der Waals surface area (Å²) in [4.78, 5) is 32.9. The Labute approximate surface area is 128 Å². The van der Waals surface area contributed by atoms with E-state index >= 15 is 0 Å².